The molecule has 0 bridgehead atoms. The number of hydrogen-bond acceptors (Lipinski definition) is 4. The molecule has 1 heterocycles. The summed E-state index contributed by atoms with van der Waals surface area (Å²) < 4.78 is 6.17. The average molecular weight is 400 g/mol. The zero-order valence-electron chi connectivity index (χ0n) is 13.8. The molecule has 5 heteroatoms. The number of ether oxygens (including phenoxy) is 1. The first-order valence-corrected chi connectivity index (χ1v) is 9.07. The SMILES string of the molecule is COC(=O)[C@@]1(c2ccccc2)C[C@@H]2C(c3cccc(Br)c3)=NO[C@@H]2C1. The van der Waals surface area contributed by atoms with Crippen LogP contribution in [0.25, 0.3) is 0 Å². The monoisotopic (exact) mass is 399 g/mol. The standard InChI is InChI=1S/C20H18BrNO3/c1-24-19(23)20(14-7-3-2-4-8-14)11-16-17(12-20)25-22-18(16)13-6-5-9-15(21)10-13/h2-10,16-17H,11-12H2,1H3/t16-,17+,20-/m0/s1. The number of carbonyl (C=O) groups is 1. The van der Waals surface area contributed by atoms with Crippen molar-refractivity contribution in [3.63, 3.8) is 0 Å². The third kappa shape index (κ3) is 2.67. The predicted octanol–water partition coefficient (Wildman–Crippen LogP) is 4.07. The number of esters is 1. The summed E-state index contributed by atoms with van der Waals surface area (Å²) >= 11 is 3.51. The number of rotatable bonds is 3. The molecule has 0 radical (unpaired) electrons. The molecule has 1 aliphatic heterocycles. The molecule has 0 aromatic heterocycles. The maximum Gasteiger partial charge on any atom is 0.316 e. The van der Waals surface area contributed by atoms with Gasteiger partial charge in [0.2, 0.25) is 0 Å². The number of carbonyl (C=O) groups excluding carboxylic acids is 1. The zero-order valence-corrected chi connectivity index (χ0v) is 15.4. The molecule has 0 spiro atoms. The van der Waals surface area contributed by atoms with Crippen molar-refractivity contribution in [1.29, 1.82) is 0 Å². The summed E-state index contributed by atoms with van der Waals surface area (Å²) in [4.78, 5) is 18.5. The second kappa shape index (κ2) is 6.30. The smallest absolute Gasteiger partial charge is 0.316 e. The van der Waals surface area contributed by atoms with E-state index in [1.54, 1.807) is 0 Å². The molecular weight excluding hydrogens is 382 g/mol. The number of nitrogens with zero attached hydrogens (tertiary/aromatic N) is 1. The van der Waals surface area contributed by atoms with Gasteiger partial charge < -0.3 is 9.57 Å². The van der Waals surface area contributed by atoms with Crippen LogP contribution in [0.3, 0.4) is 0 Å². The van der Waals surface area contributed by atoms with Crippen LogP contribution in [0.15, 0.2) is 64.2 Å². The lowest BCUT2D eigenvalue weighted by Gasteiger charge is -2.27. The molecule has 0 N–H and O–H groups in total. The van der Waals surface area contributed by atoms with Gasteiger partial charge in [-0.2, -0.15) is 0 Å². The molecule has 3 atom stereocenters. The fraction of sp³-hybridized carbons (Fsp3) is 0.300. The molecule has 1 saturated carbocycles. The van der Waals surface area contributed by atoms with Gasteiger partial charge in [-0.3, -0.25) is 4.79 Å². The summed E-state index contributed by atoms with van der Waals surface area (Å²) in [5, 5.41) is 4.32. The number of methoxy groups -OCH3 is 1. The van der Waals surface area contributed by atoms with Gasteiger partial charge in [-0.1, -0.05) is 63.6 Å². The molecule has 0 saturated heterocycles. The highest BCUT2D eigenvalue weighted by atomic mass is 79.9. The molecule has 1 aliphatic carbocycles. The quantitative estimate of drug-likeness (QED) is 0.730. The molecule has 128 valence electrons. The van der Waals surface area contributed by atoms with Crippen LogP contribution in [-0.4, -0.2) is 24.9 Å². The van der Waals surface area contributed by atoms with Crippen LogP contribution < -0.4 is 0 Å². The van der Waals surface area contributed by atoms with Crippen LogP contribution in [0.4, 0.5) is 0 Å². The number of halogens is 1. The van der Waals surface area contributed by atoms with Gasteiger partial charge in [0.1, 0.15) is 6.10 Å². The molecular formula is C20H18BrNO3. The highest BCUT2D eigenvalue weighted by Crippen LogP contribution is 2.49. The maximum absolute atomic E-state index is 12.7. The highest BCUT2D eigenvalue weighted by molar-refractivity contribution is 9.10. The van der Waals surface area contributed by atoms with E-state index in [-0.39, 0.29) is 18.0 Å². The van der Waals surface area contributed by atoms with Crippen molar-refractivity contribution in [3.05, 3.63) is 70.2 Å². The van der Waals surface area contributed by atoms with Crippen LogP contribution in [0.5, 0.6) is 0 Å². The molecule has 0 amide bonds. The van der Waals surface area contributed by atoms with E-state index in [4.69, 9.17) is 9.57 Å². The van der Waals surface area contributed by atoms with Crippen LogP contribution >= 0.6 is 15.9 Å². The number of hydrogen-bond donors (Lipinski definition) is 0. The summed E-state index contributed by atoms with van der Waals surface area (Å²) in [6.07, 6.45) is 1.11. The van der Waals surface area contributed by atoms with Crippen molar-refractivity contribution < 1.29 is 14.4 Å². The minimum absolute atomic E-state index is 0.0774. The van der Waals surface area contributed by atoms with Crippen LogP contribution in [0.2, 0.25) is 0 Å². The second-order valence-electron chi connectivity index (χ2n) is 6.59. The number of fused-ring (bicyclic) bond motifs is 1. The van der Waals surface area contributed by atoms with Crippen molar-refractivity contribution in [2.75, 3.05) is 7.11 Å². The lowest BCUT2D eigenvalue weighted by atomic mass is 9.77. The van der Waals surface area contributed by atoms with Gasteiger partial charge in [0, 0.05) is 22.4 Å². The van der Waals surface area contributed by atoms with E-state index in [0.29, 0.717) is 12.8 Å². The minimum atomic E-state index is -0.682. The Balaban J connectivity index is 1.71. The first-order valence-electron chi connectivity index (χ1n) is 8.28. The third-order valence-electron chi connectivity index (χ3n) is 5.23. The van der Waals surface area contributed by atoms with E-state index in [0.717, 1.165) is 21.3 Å². The fourth-order valence-electron chi connectivity index (χ4n) is 4.04. The second-order valence-corrected chi connectivity index (χ2v) is 7.50. The lowest BCUT2D eigenvalue weighted by Crippen LogP contribution is -2.35. The third-order valence-corrected chi connectivity index (χ3v) is 5.72. The lowest BCUT2D eigenvalue weighted by molar-refractivity contribution is -0.148. The van der Waals surface area contributed by atoms with E-state index in [9.17, 15) is 4.79 Å². The van der Waals surface area contributed by atoms with Gasteiger partial charge >= 0.3 is 5.97 Å². The molecule has 2 aromatic rings. The molecule has 2 aliphatic rings. The van der Waals surface area contributed by atoms with Crippen molar-refractivity contribution in [2.24, 2.45) is 11.1 Å². The van der Waals surface area contributed by atoms with Crippen molar-refractivity contribution in [2.45, 2.75) is 24.4 Å². The molecule has 25 heavy (non-hydrogen) atoms. The number of benzene rings is 2. The Labute approximate surface area is 155 Å². The first-order chi connectivity index (χ1) is 12.1. The van der Waals surface area contributed by atoms with Crippen LogP contribution in [0, 0.1) is 5.92 Å². The molecule has 2 aromatic carbocycles. The Hall–Kier alpha value is -2.14. The summed E-state index contributed by atoms with van der Waals surface area (Å²) in [7, 11) is 1.45. The van der Waals surface area contributed by atoms with E-state index in [2.05, 4.69) is 21.1 Å². The zero-order chi connectivity index (χ0) is 17.4. The Morgan fingerprint density at radius 3 is 2.72 bits per heavy atom. The molecule has 0 unspecified atom stereocenters. The molecule has 4 rings (SSSR count). The average Bonchev–Trinajstić information content (AvgIpc) is 3.20. The van der Waals surface area contributed by atoms with Crippen LogP contribution in [0.1, 0.15) is 24.0 Å². The highest BCUT2D eigenvalue weighted by Gasteiger charge is 2.56. The van der Waals surface area contributed by atoms with E-state index < -0.39 is 5.41 Å². The van der Waals surface area contributed by atoms with Crippen molar-refractivity contribution >= 4 is 27.6 Å². The summed E-state index contributed by atoms with van der Waals surface area (Å²) in [5.74, 6) is -0.126. The van der Waals surface area contributed by atoms with Gasteiger partial charge in [-0.05, 0) is 24.1 Å². The van der Waals surface area contributed by atoms with Crippen molar-refractivity contribution in [1.82, 2.24) is 0 Å². The molecule has 1 fully saturated rings. The van der Waals surface area contributed by atoms with Gasteiger partial charge in [0.05, 0.1) is 18.2 Å². The Kier molecular flexibility index (Phi) is 4.12. The largest absolute Gasteiger partial charge is 0.468 e. The Morgan fingerprint density at radius 1 is 1.20 bits per heavy atom. The van der Waals surface area contributed by atoms with E-state index >= 15 is 0 Å². The van der Waals surface area contributed by atoms with Crippen molar-refractivity contribution in [3.8, 4) is 0 Å². The van der Waals surface area contributed by atoms with Gasteiger partial charge in [0.15, 0.2) is 0 Å². The van der Waals surface area contributed by atoms with Gasteiger partial charge in [0.25, 0.3) is 0 Å². The summed E-state index contributed by atoms with van der Waals surface area (Å²) in [6.45, 7) is 0. The summed E-state index contributed by atoms with van der Waals surface area (Å²) in [6, 6.07) is 17.9. The van der Waals surface area contributed by atoms with Gasteiger partial charge in [-0.15, -0.1) is 0 Å². The maximum atomic E-state index is 12.7. The van der Waals surface area contributed by atoms with Crippen LogP contribution in [-0.2, 0) is 19.8 Å². The van der Waals surface area contributed by atoms with E-state index in [1.165, 1.54) is 7.11 Å². The Morgan fingerprint density at radius 2 is 2.00 bits per heavy atom. The number of oxime groups is 1. The van der Waals surface area contributed by atoms with Gasteiger partial charge in [-0.25, -0.2) is 0 Å². The fourth-order valence-corrected chi connectivity index (χ4v) is 4.44. The normalized spacial score (nSPS) is 27.4. The predicted molar refractivity (Wildman–Crippen MR) is 98.4 cm³/mol. The first kappa shape index (κ1) is 16.3. The van der Waals surface area contributed by atoms with E-state index in [1.807, 2.05) is 54.6 Å². The topological polar surface area (TPSA) is 47.9 Å². The summed E-state index contributed by atoms with van der Waals surface area (Å²) in [5.41, 5.74) is 2.23. The minimum Gasteiger partial charge on any atom is -0.468 e. The molecule has 4 nitrogen and oxygen atoms in total. The Bertz CT molecular complexity index is 836.